The van der Waals surface area contributed by atoms with E-state index in [-0.39, 0.29) is 17.6 Å². The van der Waals surface area contributed by atoms with Crippen molar-refractivity contribution in [3.05, 3.63) is 71.4 Å². The Balaban J connectivity index is 1.42. The van der Waals surface area contributed by atoms with Gasteiger partial charge in [-0.2, -0.15) is 4.39 Å². The Morgan fingerprint density at radius 3 is 2.71 bits per heavy atom. The number of aryl methyl sites for hydroxylation is 1. The molecule has 1 amide bonds. The summed E-state index contributed by atoms with van der Waals surface area (Å²) in [6, 6.07) is 14.3. The van der Waals surface area contributed by atoms with Gasteiger partial charge in [-0.3, -0.25) is 14.1 Å². The van der Waals surface area contributed by atoms with Crippen molar-refractivity contribution in [1.29, 1.82) is 0 Å². The van der Waals surface area contributed by atoms with Gasteiger partial charge < -0.3 is 4.90 Å². The predicted octanol–water partition coefficient (Wildman–Crippen LogP) is 3.16. The second-order valence-electron chi connectivity index (χ2n) is 8.11. The Morgan fingerprint density at radius 1 is 1.14 bits per heavy atom. The van der Waals surface area contributed by atoms with E-state index in [2.05, 4.69) is 41.2 Å². The van der Waals surface area contributed by atoms with Crippen LogP contribution in [-0.4, -0.2) is 51.8 Å². The molecule has 2 aliphatic heterocycles. The van der Waals surface area contributed by atoms with Crippen molar-refractivity contribution < 1.29 is 9.18 Å². The summed E-state index contributed by atoms with van der Waals surface area (Å²) in [5, 5.41) is 0. The number of halogens is 1. The number of imidazole rings is 1. The van der Waals surface area contributed by atoms with Gasteiger partial charge in [0.1, 0.15) is 5.65 Å². The molecule has 0 unspecified atom stereocenters. The molecule has 144 valence electrons. The number of hydrogen-bond acceptors (Lipinski definition) is 3. The molecular formula is C22H23FN4O. The Hall–Kier alpha value is -2.73. The molecule has 6 heteroatoms. The first-order valence-corrected chi connectivity index (χ1v) is 9.71. The van der Waals surface area contributed by atoms with Gasteiger partial charge >= 0.3 is 0 Å². The van der Waals surface area contributed by atoms with E-state index in [4.69, 9.17) is 0 Å². The Bertz CT molecular complexity index is 1050. The van der Waals surface area contributed by atoms with Crippen molar-refractivity contribution in [2.24, 2.45) is 11.8 Å². The molecule has 0 aliphatic carbocycles. The molecule has 0 radical (unpaired) electrons. The van der Waals surface area contributed by atoms with Gasteiger partial charge in [-0.25, -0.2) is 4.98 Å². The number of carbonyl (C=O) groups excluding carboxylic acids is 1. The minimum absolute atomic E-state index is 0.0739. The van der Waals surface area contributed by atoms with Crippen molar-refractivity contribution in [3.8, 4) is 0 Å². The van der Waals surface area contributed by atoms with Crippen molar-refractivity contribution in [3.63, 3.8) is 0 Å². The lowest BCUT2D eigenvalue weighted by Gasteiger charge is -2.26. The molecule has 5 rings (SSSR count). The smallest absolute Gasteiger partial charge is 0.277 e. The van der Waals surface area contributed by atoms with Gasteiger partial charge in [0.25, 0.3) is 5.91 Å². The fraction of sp³-hybridized carbons (Fsp3) is 0.364. The quantitative estimate of drug-likeness (QED) is 0.688. The van der Waals surface area contributed by atoms with Crippen molar-refractivity contribution in [2.45, 2.75) is 13.0 Å². The van der Waals surface area contributed by atoms with Gasteiger partial charge in [0.2, 0.25) is 5.95 Å². The van der Waals surface area contributed by atoms with E-state index in [1.807, 2.05) is 19.1 Å². The second kappa shape index (κ2) is 6.41. The first-order chi connectivity index (χ1) is 13.5. The molecule has 2 saturated heterocycles. The number of likely N-dealkylation sites (tertiary alicyclic amines) is 2. The van der Waals surface area contributed by atoms with Crippen LogP contribution >= 0.6 is 0 Å². The molecule has 3 atom stereocenters. The van der Waals surface area contributed by atoms with Crippen LogP contribution in [0.4, 0.5) is 4.39 Å². The average molecular weight is 378 g/mol. The van der Waals surface area contributed by atoms with Crippen LogP contribution in [-0.2, 0) is 0 Å². The first-order valence-electron chi connectivity index (χ1n) is 9.71. The SMILES string of the molecule is Cc1ccn2c(F)c(C(=O)N3C[C@@H]4CN(C)[C@@H](c5ccccc5)[C@@H]4C3)nc2c1. The average Bonchev–Trinajstić information content (AvgIpc) is 3.32. The van der Waals surface area contributed by atoms with Crippen LogP contribution in [0.25, 0.3) is 5.65 Å². The number of carbonyl (C=O) groups is 1. The summed E-state index contributed by atoms with van der Waals surface area (Å²) in [7, 11) is 2.15. The molecule has 3 aromatic rings. The molecule has 0 N–H and O–H groups in total. The third kappa shape index (κ3) is 2.63. The van der Waals surface area contributed by atoms with Gasteiger partial charge in [-0.05, 0) is 43.1 Å². The maximum Gasteiger partial charge on any atom is 0.277 e. The van der Waals surface area contributed by atoms with Crippen molar-refractivity contribution in [2.75, 3.05) is 26.7 Å². The summed E-state index contributed by atoms with van der Waals surface area (Å²) in [5.41, 5.74) is 2.67. The molecule has 1 aromatic carbocycles. The maximum atomic E-state index is 14.8. The fourth-order valence-corrected chi connectivity index (χ4v) is 4.98. The number of fused-ring (bicyclic) bond motifs is 2. The molecular weight excluding hydrogens is 355 g/mol. The van der Waals surface area contributed by atoms with Gasteiger partial charge in [0, 0.05) is 37.8 Å². The molecule has 4 heterocycles. The summed E-state index contributed by atoms with van der Waals surface area (Å²) < 4.78 is 16.1. The minimum atomic E-state index is -0.575. The minimum Gasteiger partial charge on any atom is -0.336 e. The Morgan fingerprint density at radius 2 is 1.93 bits per heavy atom. The monoisotopic (exact) mass is 378 g/mol. The summed E-state index contributed by atoms with van der Waals surface area (Å²) in [5.74, 6) is -0.114. The van der Waals surface area contributed by atoms with Crippen LogP contribution in [0.5, 0.6) is 0 Å². The standard InChI is InChI=1S/C22H23FN4O/c1-14-8-9-27-18(10-14)24-19(21(27)23)22(28)26-12-16-11-25(2)20(17(16)13-26)15-6-4-3-5-7-15/h3-10,16-17,20H,11-13H2,1-2H3/t16-,17+,20-/m0/s1. The van der Waals surface area contributed by atoms with Crippen LogP contribution < -0.4 is 0 Å². The van der Waals surface area contributed by atoms with Crippen LogP contribution in [0.3, 0.4) is 0 Å². The van der Waals surface area contributed by atoms with Crippen LogP contribution in [0.2, 0.25) is 0 Å². The van der Waals surface area contributed by atoms with Crippen molar-refractivity contribution >= 4 is 11.6 Å². The fourth-order valence-electron chi connectivity index (χ4n) is 4.98. The molecule has 2 aliphatic rings. The number of aromatic nitrogens is 2. The van der Waals surface area contributed by atoms with Gasteiger partial charge in [0.05, 0.1) is 0 Å². The highest BCUT2D eigenvalue weighted by Gasteiger charge is 2.47. The number of nitrogens with zero attached hydrogens (tertiary/aromatic N) is 4. The molecule has 0 spiro atoms. The van der Waals surface area contributed by atoms with E-state index in [9.17, 15) is 9.18 Å². The third-order valence-electron chi connectivity index (χ3n) is 6.25. The van der Waals surface area contributed by atoms with E-state index in [0.29, 0.717) is 30.6 Å². The Kier molecular flexibility index (Phi) is 3.98. The lowest BCUT2D eigenvalue weighted by molar-refractivity contribution is 0.0757. The zero-order chi connectivity index (χ0) is 19.4. The molecule has 0 bridgehead atoms. The number of amides is 1. The van der Waals surface area contributed by atoms with E-state index in [1.54, 1.807) is 17.2 Å². The Labute approximate surface area is 163 Å². The summed E-state index contributed by atoms with van der Waals surface area (Å²) in [6.07, 6.45) is 1.63. The van der Waals surface area contributed by atoms with Crippen molar-refractivity contribution in [1.82, 2.24) is 19.2 Å². The molecule has 28 heavy (non-hydrogen) atoms. The normalized spacial score (nSPS) is 24.8. The zero-order valence-electron chi connectivity index (χ0n) is 16.0. The molecule has 2 aromatic heterocycles. The highest BCUT2D eigenvalue weighted by atomic mass is 19.1. The summed E-state index contributed by atoms with van der Waals surface area (Å²) >= 11 is 0. The molecule has 2 fully saturated rings. The molecule has 5 nitrogen and oxygen atoms in total. The maximum absolute atomic E-state index is 14.8. The van der Waals surface area contributed by atoms with Gasteiger partial charge in [-0.1, -0.05) is 30.3 Å². The van der Waals surface area contributed by atoms with Crippen LogP contribution in [0.15, 0.2) is 48.7 Å². The largest absolute Gasteiger partial charge is 0.336 e. The lowest BCUT2D eigenvalue weighted by Crippen LogP contribution is -2.34. The predicted molar refractivity (Wildman–Crippen MR) is 105 cm³/mol. The van der Waals surface area contributed by atoms with Crippen LogP contribution in [0.1, 0.15) is 27.7 Å². The zero-order valence-corrected chi connectivity index (χ0v) is 16.0. The first kappa shape index (κ1) is 17.4. The number of pyridine rings is 1. The topological polar surface area (TPSA) is 40.9 Å². The third-order valence-corrected chi connectivity index (χ3v) is 6.25. The van der Waals surface area contributed by atoms with E-state index >= 15 is 0 Å². The van der Waals surface area contributed by atoms with E-state index < -0.39 is 5.95 Å². The van der Waals surface area contributed by atoms with E-state index in [0.717, 1.165) is 12.1 Å². The number of hydrogen-bond donors (Lipinski definition) is 0. The molecule has 0 saturated carbocycles. The highest BCUT2D eigenvalue weighted by molar-refractivity contribution is 5.93. The highest BCUT2D eigenvalue weighted by Crippen LogP contribution is 2.44. The number of benzene rings is 1. The second-order valence-corrected chi connectivity index (χ2v) is 8.11. The summed E-state index contributed by atoms with van der Waals surface area (Å²) in [6.45, 7) is 4.17. The number of rotatable bonds is 2. The van der Waals surface area contributed by atoms with Crippen LogP contribution in [0, 0.1) is 24.7 Å². The van der Waals surface area contributed by atoms with Gasteiger partial charge in [0.15, 0.2) is 5.69 Å². The van der Waals surface area contributed by atoms with Gasteiger partial charge in [-0.15, -0.1) is 0 Å². The lowest BCUT2D eigenvalue weighted by atomic mass is 9.90. The van der Waals surface area contributed by atoms with E-state index in [1.165, 1.54) is 9.96 Å². The summed E-state index contributed by atoms with van der Waals surface area (Å²) in [4.78, 5) is 21.5.